The van der Waals surface area contributed by atoms with Gasteiger partial charge < -0.3 is 5.11 Å². The molecule has 4 rings (SSSR count). The van der Waals surface area contributed by atoms with Crippen LogP contribution >= 0.6 is 11.3 Å². The molecule has 1 aromatic heterocycles. The zero-order valence-corrected chi connectivity index (χ0v) is 17.0. The lowest BCUT2D eigenvalue weighted by Crippen LogP contribution is -2.28. The lowest BCUT2D eigenvalue weighted by molar-refractivity contribution is 0.0696. The third-order valence-electron chi connectivity index (χ3n) is 4.42. The topological polar surface area (TPSA) is 113 Å². The van der Waals surface area contributed by atoms with Gasteiger partial charge >= 0.3 is 5.97 Å². The van der Waals surface area contributed by atoms with Crippen LogP contribution < -0.4 is 0 Å². The first-order valence-corrected chi connectivity index (χ1v) is 11.1. The van der Waals surface area contributed by atoms with E-state index in [9.17, 15) is 18.0 Å². The van der Waals surface area contributed by atoms with Gasteiger partial charge in [0.15, 0.2) is 0 Å². The van der Waals surface area contributed by atoms with Gasteiger partial charge in [-0.3, -0.25) is 4.79 Å². The molecule has 3 aromatic rings. The Kier molecular flexibility index (Phi) is 5.15. The summed E-state index contributed by atoms with van der Waals surface area (Å²) in [6, 6.07) is 15.6. The van der Waals surface area contributed by atoms with E-state index < -0.39 is 16.0 Å². The van der Waals surface area contributed by atoms with Crippen molar-refractivity contribution in [1.29, 1.82) is 0 Å². The molecule has 1 aliphatic rings. The van der Waals surface area contributed by atoms with Gasteiger partial charge in [0.05, 0.1) is 22.7 Å². The Hall–Kier alpha value is -3.43. The normalized spacial score (nSPS) is 16.6. The molecule has 0 fully saturated rings. The lowest BCUT2D eigenvalue weighted by Gasteiger charge is -2.18. The number of hydrogen-bond donors (Lipinski definition) is 1. The molecular formula is C21H14N2O5S2. The van der Waals surface area contributed by atoms with Crippen molar-refractivity contribution in [3.05, 3.63) is 82.7 Å². The number of Topliss-reactive ketones (excluding diaryl/α,β-unsaturated/α-hetero) is 1. The third kappa shape index (κ3) is 3.85. The zero-order chi connectivity index (χ0) is 21.3. The van der Waals surface area contributed by atoms with Gasteiger partial charge in [0.25, 0.3) is 10.0 Å². The number of nitrogens with zero attached hydrogens (tertiary/aromatic N) is 2. The first-order chi connectivity index (χ1) is 14.3. The second kappa shape index (κ2) is 7.77. The van der Waals surface area contributed by atoms with E-state index in [4.69, 9.17) is 5.11 Å². The van der Waals surface area contributed by atoms with E-state index in [1.807, 2.05) is 0 Å². The number of benzene rings is 2. The highest BCUT2D eigenvalue weighted by Gasteiger charge is 2.29. The molecule has 0 saturated carbocycles. The Morgan fingerprint density at radius 1 is 0.967 bits per heavy atom. The van der Waals surface area contributed by atoms with Gasteiger partial charge in [0, 0.05) is 17.5 Å². The van der Waals surface area contributed by atoms with Crippen LogP contribution in [0.3, 0.4) is 0 Å². The molecule has 1 aliphatic carbocycles. The Morgan fingerprint density at radius 3 is 2.43 bits per heavy atom. The molecule has 0 spiro atoms. The van der Waals surface area contributed by atoms with Crippen molar-refractivity contribution in [2.45, 2.75) is 10.6 Å². The number of ketones is 1. The molecule has 9 heteroatoms. The van der Waals surface area contributed by atoms with Crippen molar-refractivity contribution in [2.24, 2.45) is 9.39 Å². The molecule has 150 valence electrons. The zero-order valence-electron chi connectivity index (χ0n) is 15.3. The number of carboxylic acid groups (broad SMARTS) is 1. The monoisotopic (exact) mass is 438 g/mol. The number of hydrogen-bond acceptors (Lipinski definition) is 6. The summed E-state index contributed by atoms with van der Waals surface area (Å²) in [6.45, 7) is 0. The van der Waals surface area contributed by atoms with Crippen molar-refractivity contribution in [3.8, 4) is 0 Å². The number of sulfonamides is 1. The molecule has 7 nitrogen and oxygen atoms in total. The summed E-state index contributed by atoms with van der Waals surface area (Å²) >= 11 is 1.06. The van der Waals surface area contributed by atoms with Crippen molar-refractivity contribution in [1.82, 2.24) is 0 Å². The van der Waals surface area contributed by atoms with E-state index in [-0.39, 0.29) is 39.1 Å². The fraction of sp³-hybridized carbons (Fsp3) is 0.0476. The van der Waals surface area contributed by atoms with E-state index in [1.54, 1.807) is 41.8 Å². The minimum atomic E-state index is -3.93. The molecule has 1 heterocycles. The Bertz CT molecular complexity index is 1320. The summed E-state index contributed by atoms with van der Waals surface area (Å²) in [4.78, 5) is 28.4. The van der Waals surface area contributed by atoms with E-state index in [0.717, 1.165) is 11.3 Å². The molecular weight excluding hydrogens is 424 g/mol. The number of fused-ring (bicyclic) bond motifs is 1. The second-order valence-electron chi connectivity index (χ2n) is 6.41. The highest BCUT2D eigenvalue weighted by molar-refractivity contribution is 7.92. The first-order valence-electron chi connectivity index (χ1n) is 8.77. The molecule has 1 N–H and O–H groups in total. The molecule has 0 radical (unpaired) electrons. The van der Waals surface area contributed by atoms with Crippen LogP contribution in [0, 0.1) is 0 Å². The van der Waals surface area contributed by atoms with Crippen LogP contribution in [0.5, 0.6) is 0 Å². The number of thiophene rings is 1. The van der Waals surface area contributed by atoms with Gasteiger partial charge in [-0.1, -0.05) is 36.4 Å². The van der Waals surface area contributed by atoms with Crippen LogP contribution in [0.4, 0.5) is 5.69 Å². The average Bonchev–Trinajstić information content (AvgIpc) is 3.27. The highest BCUT2D eigenvalue weighted by atomic mass is 32.2. The molecule has 30 heavy (non-hydrogen) atoms. The molecule has 0 aliphatic heterocycles. The number of carbonyl (C=O) groups is 2. The van der Waals surface area contributed by atoms with E-state index in [1.165, 1.54) is 24.3 Å². The summed E-state index contributed by atoms with van der Waals surface area (Å²) in [7, 11) is -3.93. The maximum atomic E-state index is 12.9. The van der Waals surface area contributed by atoms with Crippen LogP contribution in [-0.4, -0.2) is 36.7 Å². The first kappa shape index (κ1) is 19.9. The molecule has 0 amide bonds. The summed E-state index contributed by atoms with van der Waals surface area (Å²) < 4.78 is 29.4. The lowest BCUT2D eigenvalue weighted by atomic mass is 9.87. The SMILES string of the molecule is O=C(O)c1cccc(N=C2CC(=NS(=O)(=O)c3cccs3)c3ccccc3C2=O)c1. The predicted molar refractivity (Wildman–Crippen MR) is 114 cm³/mol. The van der Waals surface area contributed by atoms with Crippen LogP contribution in [-0.2, 0) is 10.0 Å². The minimum Gasteiger partial charge on any atom is -0.478 e. The van der Waals surface area contributed by atoms with Crippen LogP contribution in [0.1, 0.15) is 32.7 Å². The van der Waals surface area contributed by atoms with Gasteiger partial charge in [-0.15, -0.1) is 11.3 Å². The fourth-order valence-electron chi connectivity index (χ4n) is 3.06. The summed E-state index contributed by atoms with van der Waals surface area (Å²) in [6.07, 6.45) is -0.0856. The number of carbonyl (C=O) groups excluding carboxylic acids is 1. The fourth-order valence-corrected chi connectivity index (χ4v) is 5.07. The Labute approximate surface area is 176 Å². The molecule has 2 aromatic carbocycles. The molecule has 0 atom stereocenters. The maximum Gasteiger partial charge on any atom is 0.335 e. The summed E-state index contributed by atoms with van der Waals surface area (Å²) in [5.41, 5.74) is 1.38. The largest absolute Gasteiger partial charge is 0.478 e. The van der Waals surface area contributed by atoms with Crippen molar-refractivity contribution >= 4 is 50.2 Å². The quantitative estimate of drug-likeness (QED) is 0.662. The van der Waals surface area contributed by atoms with Gasteiger partial charge in [-0.2, -0.15) is 12.8 Å². The van der Waals surface area contributed by atoms with Crippen LogP contribution in [0.15, 0.2) is 79.6 Å². The molecule has 0 bridgehead atoms. The number of aliphatic imine (C=N–C) groups is 1. The third-order valence-corrected chi connectivity index (χ3v) is 7.10. The Morgan fingerprint density at radius 2 is 1.73 bits per heavy atom. The van der Waals surface area contributed by atoms with Crippen molar-refractivity contribution < 1.29 is 23.1 Å². The predicted octanol–water partition coefficient (Wildman–Crippen LogP) is 3.98. The van der Waals surface area contributed by atoms with E-state index in [2.05, 4.69) is 9.39 Å². The van der Waals surface area contributed by atoms with Gasteiger partial charge in [-0.05, 0) is 29.6 Å². The van der Waals surface area contributed by atoms with Gasteiger partial charge in [-0.25, -0.2) is 9.79 Å². The van der Waals surface area contributed by atoms with Crippen molar-refractivity contribution in [2.75, 3.05) is 0 Å². The van der Waals surface area contributed by atoms with Crippen LogP contribution in [0.2, 0.25) is 0 Å². The van der Waals surface area contributed by atoms with Gasteiger partial charge in [0.1, 0.15) is 4.21 Å². The second-order valence-corrected chi connectivity index (χ2v) is 9.19. The standard InChI is InChI=1S/C21H14N2O5S2/c24-20-16-8-2-1-7-15(16)17(23-30(27,28)19-9-4-10-29-19)12-18(20)22-14-6-3-5-13(11-14)21(25)26/h1-11H,12H2,(H,25,26). The number of rotatable bonds is 4. The van der Waals surface area contributed by atoms with E-state index >= 15 is 0 Å². The molecule has 0 saturated heterocycles. The number of aromatic carboxylic acids is 1. The van der Waals surface area contributed by atoms with Crippen LogP contribution in [0.25, 0.3) is 0 Å². The highest BCUT2D eigenvalue weighted by Crippen LogP contribution is 2.26. The van der Waals surface area contributed by atoms with Gasteiger partial charge in [0.2, 0.25) is 5.78 Å². The smallest absolute Gasteiger partial charge is 0.335 e. The summed E-state index contributed by atoms with van der Waals surface area (Å²) in [5.74, 6) is -1.46. The average molecular weight is 438 g/mol. The summed E-state index contributed by atoms with van der Waals surface area (Å²) in [5, 5.41) is 10.8. The molecule has 0 unspecified atom stereocenters. The maximum absolute atomic E-state index is 12.9. The minimum absolute atomic E-state index is 0.0367. The number of carboxylic acids is 1. The Balaban J connectivity index is 1.83. The van der Waals surface area contributed by atoms with Crippen molar-refractivity contribution in [3.63, 3.8) is 0 Å². The van der Waals surface area contributed by atoms with E-state index in [0.29, 0.717) is 11.1 Å².